The first-order valence-electron chi connectivity index (χ1n) is 7.03. The molecule has 0 amide bonds. The average molecular weight is 281 g/mol. The Balaban J connectivity index is 1.92. The zero-order valence-electron chi connectivity index (χ0n) is 12.2. The van der Waals surface area contributed by atoms with Crippen LogP contribution in [0.5, 0.6) is 0 Å². The first-order chi connectivity index (χ1) is 10.3. The number of nitrogens with zero attached hydrogens (tertiary/aromatic N) is 2. The quantitative estimate of drug-likeness (QED) is 0.848. The van der Waals surface area contributed by atoms with Gasteiger partial charge in [0.1, 0.15) is 11.8 Å². The van der Waals surface area contributed by atoms with Gasteiger partial charge >= 0.3 is 0 Å². The molecule has 0 unspecified atom stereocenters. The zero-order chi connectivity index (χ0) is 14.9. The van der Waals surface area contributed by atoms with Gasteiger partial charge in [-0.1, -0.05) is 24.3 Å². The summed E-state index contributed by atoms with van der Waals surface area (Å²) in [5, 5.41) is 12.2. The Morgan fingerprint density at radius 3 is 2.76 bits per heavy atom. The maximum Gasteiger partial charge on any atom is 0.140 e. The van der Waals surface area contributed by atoms with Crippen molar-refractivity contribution in [2.45, 2.75) is 26.6 Å². The van der Waals surface area contributed by atoms with Gasteiger partial charge in [0.05, 0.1) is 6.61 Å². The van der Waals surface area contributed by atoms with Gasteiger partial charge in [0, 0.05) is 25.9 Å². The molecule has 1 aromatic carbocycles. The molecule has 0 fully saturated rings. The minimum atomic E-state index is 0.450. The van der Waals surface area contributed by atoms with Crippen LogP contribution < -0.4 is 5.32 Å². The van der Waals surface area contributed by atoms with Gasteiger partial charge in [-0.05, 0) is 35.7 Å². The molecule has 0 aliphatic rings. The Morgan fingerprint density at radius 2 is 2.00 bits per heavy atom. The molecular weight excluding hydrogens is 262 g/mol. The minimum Gasteiger partial charge on any atom is -0.377 e. The number of rotatable bonds is 7. The predicted molar refractivity (Wildman–Crippen MR) is 81.3 cm³/mol. The molecule has 0 saturated heterocycles. The van der Waals surface area contributed by atoms with Crippen LogP contribution in [-0.2, 0) is 24.4 Å². The molecule has 4 heteroatoms. The molecule has 0 aliphatic carbocycles. The van der Waals surface area contributed by atoms with Gasteiger partial charge in [0.15, 0.2) is 0 Å². The highest BCUT2D eigenvalue weighted by atomic mass is 16.5. The van der Waals surface area contributed by atoms with E-state index in [1.165, 1.54) is 11.1 Å². The lowest BCUT2D eigenvalue weighted by molar-refractivity contribution is 0.133. The van der Waals surface area contributed by atoms with Crippen molar-refractivity contribution in [2.24, 2.45) is 0 Å². The van der Waals surface area contributed by atoms with Gasteiger partial charge in [-0.25, -0.2) is 4.98 Å². The summed E-state index contributed by atoms with van der Waals surface area (Å²) in [6.45, 7) is 4.84. The summed E-state index contributed by atoms with van der Waals surface area (Å²) in [5.74, 6) is 0. The van der Waals surface area contributed by atoms with Gasteiger partial charge in [-0.15, -0.1) is 0 Å². The number of nitriles is 1. The number of ether oxygens (including phenoxy) is 1. The first kappa shape index (κ1) is 15.2. The topological polar surface area (TPSA) is 57.9 Å². The molecule has 1 aromatic heterocycles. The number of aromatic nitrogens is 1. The van der Waals surface area contributed by atoms with Crippen molar-refractivity contribution in [2.75, 3.05) is 6.61 Å². The molecule has 2 rings (SSSR count). The monoisotopic (exact) mass is 281 g/mol. The molecule has 2 aromatic rings. The molecule has 0 radical (unpaired) electrons. The molecule has 0 saturated carbocycles. The Kier molecular flexibility index (Phi) is 5.89. The van der Waals surface area contributed by atoms with Crippen molar-refractivity contribution in [1.29, 1.82) is 5.26 Å². The number of pyridine rings is 1. The van der Waals surface area contributed by atoms with Crippen LogP contribution in [0, 0.1) is 11.3 Å². The van der Waals surface area contributed by atoms with Crippen LogP contribution >= 0.6 is 0 Å². The highest BCUT2D eigenvalue weighted by Gasteiger charge is 2.02. The number of nitrogens with one attached hydrogen (secondary N) is 1. The second-order valence-corrected chi connectivity index (χ2v) is 4.67. The summed E-state index contributed by atoms with van der Waals surface area (Å²) >= 11 is 0. The smallest absolute Gasteiger partial charge is 0.140 e. The second kappa shape index (κ2) is 8.15. The van der Waals surface area contributed by atoms with E-state index in [1.807, 2.05) is 25.1 Å². The summed E-state index contributed by atoms with van der Waals surface area (Å²) in [5.41, 5.74) is 3.95. The van der Waals surface area contributed by atoms with Crippen molar-refractivity contribution in [3.63, 3.8) is 0 Å². The predicted octanol–water partition coefficient (Wildman–Crippen LogP) is 2.78. The molecule has 0 spiro atoms. The maximum atomic E-state index is 8.84. The van der Waals surface area contributed by atoms with Crippen molar-refractivity contribution in [1.82, 2.24) is 10.3 Å². The van der Waals surface area contributed by atoms with Crippen LogP contribution in [0.3, 0.4) is 0 Å². The molecule has 1 N–H and O–H groups in total. The molecule has 0 aliphatic heterocycles. The van der Waals surface area contributed by atoms with E-state index in [0.717, 1.165) is 18.7 Å². The highest BCUT2D eigenvalue weighted by Crippen LogP contribution is 2.10. The Hall–Kier alpha value is -2.22. The summed E-state index contributed by atoms with van der Waals surface area (Å²) in [6.07, 6.45) is 1.67. The standard InChI is InChI=1S/C17H19N3O/c1-2-21-13-16-6-4-3-5-15(16)12-19-11-14-7-8-20-17(9-14)10-18/h3-9,19H,2,11-13H2,1H3. The lowest BCUT2D eigenvalue weighted by Crippen LogP contribution is -2.14. The van der Waals surface area contributed by atoms with Crippen molar-refractivity contribution in [3.05, 3.63) is 65.0 Å². The number of benzene rings is 1. The molecule has 1 heterocycles. The fourth-order valence-electron chi connectivity index (χ4n) is 2.07. The van der Waals surface area contributed by atoms with Gasteiger partial charge in [-0.3, -0.25) is 0 Å². The van der Waals surface area contributed by atoms with E-state index in [2.05, 4.69) is 28.5 Å². The first-order valence-corrected chi connectivity index (χ1v) is 7.03. The summed E-state index contributed by atoms with van der Waals surface area (Å²) < 4.78 is 5.48. The fourth-order valence-corrected chi connectivity index (χ4v) is 2.07. The van der Waals surface area contributed by atoms with E-state index in [0.29, 0.717) is 18.8 Å². The average Bonchev–Trinajstić information content (AvgIpc) is 2.54. The minimum absolute atomic E-state index is 0.450. The highest BCUT2D eigenvalue weighted by molar-refractivity contribution is 5.27. The van der Waals surface area contributed by atoms with Gasteiger partial charge < -0.3 is 10.1 Å². The lowest BCUT2D eigenvalue weighted by Gasteiger charge is -2.10. The van der Waals surface area contributed by atoms with E-state index in [1.54, 1.807) is 12.3 Å². The van der Waals surface area contributed by atoms with Crippen molar-refractivity contribution in [3.8, 4) is 6.07 Å². The van der Waals surface area contributed by atoms with Gasteiger partial charge in [0.2, 0.25) is 0 Å². The normalized spacial score (nSPS) is 10.3. The summed E-state index contributed by atoms with van der Waals surface area (Å²) in [4.78, 5) is 3.97. The third-order valence-electron chi connectivity index (χ3n) is 3.16. The largest absolute Gasteiger partial charge is 0.377 e. The fraction of sp³-hybridized carbons (Fsp3) is 0.294. The van der Waals surface area contributed by atoms with Crippen LogP contribution in [0.1, 0.15) is 29.3 Å². The number of hydrogen-bond acceptors (Lipinski definition) is 4. The van der Waals surface area contributed by atoms with E-state index in [-0.39, 0.29) is 0 Å². The van der Waals surface area contributed by atoms with E-state index in [4.69, 9.17) is 10.00 Å². The summed E-state index contributed by atoms with van der Waals surface area (Å²) in [7, 11) is 0. The van der Waals surface area contributed by atoms with Gasteiger partial charge in [0.25, 0.3) is 0 Å². The second-order valence-electron chi connectivity index (χ2n) is 4.67. The van der Waals surface area contributed by atoms with Crippen LogP contribution in [-0.4, -0.2) is 11.6 Å². The lowest BCUT2D eigenvalue weighted by atomic mass is 10.1. The van der Waals surface area contributed by atoms with Crippen LogP contribution in [0.2, 0.25) is 0 Å². The van der Waals surface area contributed by atoms with Crippen LogP contribution in [0.25, 0.3) is 0 Å². The van der Waals surface area contributed by atoms with E-state index < -0.39 is 0 Å². The Morgan fingerprint density at radius 1 is 1.19 bits per heavy atom. The van der Waals surface area contributed by atoms with Crippen LogP contribution in [0.15, 0.2) is 42.6 Å². The number of hydrogen-bond donors (Lipinski definition) is 1. The molecular formula is C17H19N3O. The molecule has 21 heavy (non-hydrogen) atoms. The van der Waals surface area contributed by atoms with E-state index >= 15 is 0 Å². The summed E-state index contributed by atoms with van der Waals surface area (Å²) in [6, 6.07) is 14.0. The van der Waals surface area contributed by atoms with Crippen molar-refractivity contribution < 1.29 is 4.74 Å². The van der Waals surface area contributed by atoms with Gasteiger partial charge in [-0.2, -0.15) is 5.26 Å². The molecule has 108 valence electrons. The molecule has 0 atom stereocenters. The van der Waals surface area contributed by atoms with E-state index in [9.17, 15) is 0 Å². The Bertz CT molecular complexity index is 619. The molecule has 4 nitrogen and oxygen atoms in total. The SMILES string of the molecule is CCOCc1ccccc1CNCc1ccnc(C#N)c1. The Labute approximate surface area is 125 Å². The van der Waals surface area contributed by atoms with Crippen LogP contribution in [0.4, 0.5) is 0 Å². The third kappa shape index (κ3) is 4.67. The van der Waals surface area contributed by atoms with Crippen molar-refractivity contribution >= 4 is 0 Å². The zero-order valence-corrected chi connectivity index (χ0v) is 12.2. The third-order valence-corrected chi connectivity index (χ3v) is 3.16. The maximum absolute atomic E-state index is 8.84. The molecule has 0 bridgehead atoms.